The number of carbonyl (C=O) groups is 1. The van der Waals surface area contributed by atoms with Gasteiger partial charge in [-0.1, -0.05) is 18.0 Å². The summed E-state index contributed by atoms with van der Waals surface area (Å²) in [6.07, 6.45) is 3.09. The van der Waals surface area contributed by atoms with E-state index < -0.39 is 0 Å². The Morgan fingerprint density at radius 1 is 1.44 bits per heavy atom. The molecule has 4 heteroatoms. The third-order valence-corrected chi connectivity index (χ3v) is 3.69. The van der Waals surface area contributed by atoms with Crippen LogP contribution in [0.15, 0.2) is 18.2 Å². The van der Waals surface area contributed by atoms with E-state index in [1.165, 1.54) is 18.2 Å². The van der Waals surface area contributed by atoms with Crippen molar-refractivity contribution < 1.29 is 9.53 Å². The summed E-state index contributed by atoms with van der Waals surface area (Å²) >= 11 is 1.77. The van der Waals surface area contributed by atoms with Gasteiger partial charge in [0.2, 0.25) is 0 Å². The number of esters is 1. The molecule has 3 nitrogen and oxygen atoms in total. The molecule has 1 aromatic rings. The molecule has 1 aromatic carbocycles. The molecule has 0 atom stereocenters. The van der Waals surface area contributed by atoms with Crippen molar-refractivity contribution in [2.75, 3.05) is 19.9 Å². The number of hydrogen-bond acceptors (Lipinski definition) is 4. The van der Waals surface area contributed by atoms with Crippen LogP contribution >= 0.6 is 11.9 Å². The maximum Gasteiger partial charge on any atom is 0.337 e. The second-order valence-electron chi connectivity index (χ2n) is 3.77. The molecule has 0 amide bonds. The molecule has 0 radical (unpaired) electrons. The van der Waals surface area contributed by atoms with Crippen molar-refractivity contribution in [1.29, 1.82) is 0 Å². The highest BCUT2D eigenvalue weighted by Crippen LogP contribution is 2.23. The van der Waals surface area contributed by atoms with Crippen LogP contribution in [0.3, 0.4) is 0 Å². The molecule has 0 fully saturated rings. The van der Waals surface area contributed by atoms with Gasteiger partial charge in [0.25, 0.3) is 0 Å². The molecule has 16 heavy (non-hydrogen) atoms. The zero-order chi connectivity index (χ0) is 11.5. The number of hydrogen-bond donors (Lipinski definition) is 0. The van der Waals surface area contributed by atoms with Gasteiger partial charge < -0.3 is 4.74 Å². The first-order chi connectivity index (χ1) is 7.74. The molecule has 0 saturated heterocycles. The van der Waals surface area contributed by atoms with Crippen LogP contribution in [0.25, 0.3) is 0 Å². The Hall–Kier alpha value is -1.00. The van der Waals surface area contributed by atoms with Crippen LogP contribution in [0.4, 0.5) is 0 Å². The van der Waals surface area contributed by atoms with Crippen LogP contribution in [-0.4, -0.2) is 30.2 Å². The van der Waals surface area contributed by atoms with E-state index in [1.807, 2.05) is 18.2 Å². The molecule has 0 N–H and O–H groups in total. The third kappa shape index (κ3) is 2.23. The van der Waals surface area contributed by atoms with Gasteiger partial charge in [0.15, 0.2) is 0 Å². The van der Waals surface area contributed by atoms with Crippen LogP contribution in [0.1, 0.15) is 21.5 Å². The fourth-order valence-corrected chi connectivity index (χ4v) is 2.47. The Balaban J connectivity index is 2.24. The minimum Gasteiger partial charge on any atom is -0.465 e. The minimum atomic E-state index is -0.255. The summed E-state index contributed by atoms with van der Waals surface area (Å²) in [6.45, 7) is 2.00. The summed E-state index contributed by atoms with van der Waals surface area (Å²) in [7, 11) is 1.41. The van der Waals surface area contributed by atoms with Gasteiger partial charge in [-0.05, 0) is 35.9 Å². The lowest BCUT2D eigenvalue weighted by Crippen LogP contribution is -2.24. The number of carbonyl (C=O) groups excluding carboxylic acids is 1. The lowest BCUT2D eigenvalue weighted by Gasteiger charge is -2.26. The van der Waals surface area contributed by atoms with E-state index in [4.69, 9.17) is 4.74 Å². The Bertz CT molecular complexity index is 406. The van der Waals surface area contributed by atoms with Crippen LogP contribution in [0.2, 0.25) is 0 Å². The number of ether oxygens (including phenoxy) is 1. The topological polar surface area (TPSA) is 29.5 Å². The summed E-state index contributed by atoms with van der Waals surface area (Å²) in [5, 5.41) is 0. The Morgan fingerprint density at radius 3 is 2.94 bits per heavy atom. The SMILES string of the molecule is COC(=O)c1ccc2c(c1)CCN(SC)C2. The van der Waals surface area contributed by atoms with E-state index in [0.29, 0.717) is 5.56 Å². The monoisotopic (exact) mass is 237 g/mol. The number of benzene rings is 1. The normalized spacial score (nSPS) is 15.6. The first-order valence-corrected chi connectivity index (χ1v) is 6.42. The Labute approximate surface area is 99.9 Å². The molecule has 0 aromatic heterocycles. The Kier molecular flexibility index (Phi) is 3.51. The summed E-state index contributed by atoms with van der Waals surface area (Å²) in [6, 6.07) is 5.83. The predicted molar refractivity (Wildman–Crippen MR) is 65.4 cm³/mol. The summed E-state index contributed by atoms with van der Waals surface area (Å²) in [5.41, 5.74) is 3.24. The van der Waals surface area contributed by atoms with Gasteiger partial charge in [-0.15, -0.1) is 0 Å². The van der Waals surface area contributed by atoms with Gasteiger partial charge in [-0.25, -0.2) is 9.10 Å². The second kappa shape index (κ2) is 4.89. The van der Waals surface area contributed by atoms with Crippen molar-refractivity contribution in [3.8, 4) is 0 Å². The van der Waals surface area contributed by atoms with Crippen molar-refractivity contribution in [3.63, 3.8) is 0 Å². The molecule has 1 aliphatic rings. The van der Waals surface area contributed by atoms with Crippen molar-refractivity contribution in [3.05, 3.63) is 34.9 Å². The largest absolute Gasteiger partial charge is 0.465 e. The fourth-order valence-electron chi connectivity index (χ4n) is 1.93. The minimum absolute atomic E-state index is 0.255. The zero-order valence-electron chi connectivity index (χ0n) is 9.53. The molecule has 2 rings (SSSR count). The quantitative estimate of drug-likeness (QED) is 0.582. The maximum absolute atomic E-state index is 11.4. The lowest BCUT2D eigenvalue weighted by molar-refractivity contribution is 0.0600. The van der Waals surface area contributed by atoms with Crippen LogP contribution in [0.5, 0.6) is 0 Å². The van der Waals surface area contributed by atoms with Crippen molar-refractivity contribution in [1.82, 2.24) is 4.31 Å². The van der Waals surface area contributed by atoms with Crippen LogP contribution in [0, 0.1) is 0 Å². The van der Waals surface area contributed by atoms with E-state index >= 15 is 0 Å². The second-order valence-corrected chi connectivity index (χ2v) is 4.65. The molecular weight excluding hydrogens is 222 g/mol. The average Bonchev–Trinajstić information content (AvgIpc) is 2.36. The molecule has 0 saturated carbocycles. The third-order valence-electron chi connectivity index (χ3n) is 2.86. The molecular formula is C12H15NO2S. The number of rotatable bonds is 2. The van der Waals surface area contributed by atoms with Gasteiger partial charge in [0, 0.05) is 13.1 Å². The van der Waals surface area contributed by atoms with Crippen molar-refractivity contribution in [2.45, 2.75) is 13.0 Å². The molecule has 0 aliphatic carbocycles. The van der Waals surface area contributed by atoms with E-state index in [2.05, 4.69) is 10.6 Å². The van der Waals surface area contributed by atoms with Crippen LogP contribution < -0.4 is 0 Å². The van der Waals surface area contributed by atoms with Gasteiger partial charge >= 0.3 is 5.97 Å². The highest BCUT2D eigenvalue weighted by atomic mass is 32.2. The van der Waals surface area contributed by atoms with Crippen molar-refractivity contribution >= 4 is 17.9 Å². The first-order valence-electron chi connectivity index (χ1n) is 5.23. The van der Waals surface area contributed by atoms with Gasteiger partial charge in [-0.3, -0.25) is 0 Å². The lowest BCUT2D eigenvalue weighted by atomic mass is 9.98. The number of fused-ring (bicyclic) bond motifs is 1. The molecule has 86 valence electrons. The Morgan fingerprint density at radius 2 is 2.25 bits per heavy atom. The molecule has 1 heterocycles. The molecule has 1 aliphatic heterocycles. The maximum atomic E-state index is 11.4. The first kappa shape index (κ1) is 11.5. The van der Waals surface area contributed by atoms with E-state index in [-0.39, 0.29) is 5.97 Å². The summed E-state index contributed by atoms with van der Waals surface area (Å²) in [5.74, 6) is -0.255. The zero-order valence-corrected chi connectivity index (χ0v) is 10.3. The van der Waals surface area contributed by atoms with Gasteiger partial charge in [0.05, 0.1) is 12.7 Å². The van der Waals surface area contributed by atoms with Gasteiger partial charge in [0.1, 0.15) is 0 Å². The summed E-state index contributed by atoms with van der Waals surface area (Å²) < 4.78 is 7.04. The predicted octanol–water partition coefficient (Wildman–Crippen LogP) is 2.11. The average molecular weight is 237 g/mol. The van der Waals surface area contributed by atoms with E-state index in [9.17, 15) is 4.79 Å². The van der Waals surface area contributed by atoms with E-state index in [0.717, 1.165) is 19.5 Å². The van der Waals surface area contributed by atoms with E-state index in [1.54, 1.807) is 11.9 Å². The number of nitrogens with zero attached hydrogens (tertiary/aromatic N) is 1. The molecule has 0 spiro atoms. The highest BCUT2D eigenvalue weighted by molar-refractivity contribution is 7.96. The molecule has 0 unspecified atom stereocenters. The highest BCUT2D eigenvalue weighted by Gasteiger charge is 2.17. The standard InChI is InChI=1S/C12H15NO2S/c1-15-12(14)10-3-4-11-8-13(16-2)6-5-9(11)7-10/h3-4,7H,5-6,8H2,1-2H3. The fraction of sp³-hybridized carbons (Fsp3) is 0.417. The smallest absolute Gasteiger partial charge is 0.337 e. The van der Waals surface area contributed by atoms with Gasteiger partial charge in [-0.2, -0.15) is 0 Å². The molecule has 0 bridgehead atoms. The number of methoxy groups -OCH3 is 1. The van der Waals surface area contributed by atoms with Crippen molar-refractivity contribution in [2.24, 2.45) is 0 Å². The summed E-state index contributed by atoms with van der Waals surface area (Å²) in [4.78, 5) is 11.4. The van der Waals surface area contributed by atoms with Crippen LogP contribution in [-0.2, 0) is 17.7 Å².